The summed E-state index contributed by atoms with van der Waals surface area (Å²) in [6, 6.07) is 12.0. The first-order valence-electron chi connectivity index (χ1n) is 9.21. The van der Waals surface area contributed by atoms with E-state index in [2.05, 4.69) is 0 Å². The van der Waals surface area contributed by atoms with Crippen LogP contribution in [0, 0.1) is 0 Å². The molecule has 2 aromatic carbocycles. The third kappa shape index (κ3) is 5.82. The lowest BCUT2D eigenvalue weighted by atomic mass is 10.1. The SMILES string of the molecule is COc1cc(/C=C/C(=O)c2cccc(Cl)c2)ccc1OCC(=O)N1CCOCC1. The molecule has 0 saturated carbocycles. The van der Waals surface area contributed by atoms with Gasteiger partial charge in [-0.15, -0.1) is 0 Å². The number of benzene rings is 2. The van der Waals surface area contributed by atoms with Gasteiger partial charge in [0.1, 0.15) is 0 Å². The Morgan fingerprint density at radius 2 is 1.93 bits per heavy atom. The van der Waals surface area contributed by atoms with Gasteiger partial charge in [0.25, 0.3) is 5.91 Å². The highest BCUT2D eigenvalue weighted by Gasteiger charge is 2.18. The lowest BCUT2D eigenvalue weighted by Gasteiger charge is -2.26. The minimum absolute atomic E-state index is 0.0706. The molecule has 1 fully saturated rings. The Bertz CT molecular complexity index is 906. The third-order valence-electron chi connectivity index (χ3n) is 4.44. The van der Waals surface area contributed by atoms with Gasteiger partial charge in [-0.1, -0.05) is 35.9 Å². The van der Waals surface area contributed by atoms with Crippen LogP contribution in [0.4, 0.5) is 0 Å². The molecule has 1 saturated heterocycles. The highest BCUT2D eigenvalue weighted by atomic mass is 35.5. The fourth-order valence-corrected chi connectivity index (χ4v) is 3.05. The van der Waals surface area contributed by atoms with Gasteiger partial charge in [-0.25, -0.2) is 0 Å². The van der Waals surface area contributed by atoms with E-state index in [4.69, 9.17) is 25.8 Å². The first-order valence-corrected chi connectivity index (χ1v) is 9.59. The zero-order chi connectivity index (χ0) is 20.6. The number of ketones is 1. The van der Waals surface area contributed by atoms with Crippen LogP contribution >= 0.6 is 11.6 Å². The molecule has 7 heteroatoms. The van der Waals surface area contributed by atoms with Gasteiger partial charge in [-0.05, 0) is 35.9 Å². The van der Waals surface area contributed by atoms with Crippen molar-refractivity contribution in [2.45, 2.75) is 0 Å². The van der Waals surface area contributed by atoms with Crippen LogP contribution in [0.25, 0.3) is 6.08 Å². The van der Waals surface area contributed by atoms with Gasteiger partial charge in [0.2, 0.25) is 0 Å². The van der Waals surface area contributed by atoms with Crippen LogP contribution in [0.3, 0.4) is 0 Å². The average molecular weight is 416 g/mol. The predicted octanol–water partition coefficient (Wildman–Crippen LogP) is 3.48. The Morgan fingerprint density at radius 1 is 1.14 bits per heavy atom. The van der Waals surface area contributed by atoms with E-state index >= 15 is 0 Å². The second kappa shape index (κ2) is 10.1. The summed E-state index contributed by atoms with van der Waals surface area (Å²) >= 11 is 5.92. The Balaban J connectivity index is 1.63. The molecule has 0 radical (unpaired) electrons. The summed E-state index contributed by atoms with van der Waals surface area (Å²) in [5.41, 5.74) is 1.28. The average Bonchev–Trinajstić information content (AvgIpc) is 2.76. The number of halogens is 1. The number of hydrogen-bond acceptors (Lipinski definition) is 5. The number of rotatable bonds is 7. The summed E-state index contributed by atoms with van der Waals surface area (Å²) in [7, 11) is 1.52. The molecule has 0 N–H and O–H groups in total. The molecule has 0 aromatic heterocycles. The maximum Gasteiger partial charge on any atom is 0.260 e. The molecule has 3 rings (SSSR count). The molecule has 29 heavy (non-hydrogen) atoms. The largest absolute Gasteiger partial charge is 0.493 e. The number of carbonyl (C=O) groups excluding carboxylic acids is 2. The third-order valence-corrected chi connectivity index (χ3v) is 4.67. The molecule has 0 spiro atoms. The van der Waals surface area contributed by atoms with Crippen molar-refractivity contribution in [3.8, 4) is 11.5 Å². The zero-order valence-corrected chi connectivity index (χ0v) is 16.9. The monoisotopic (exact) mass is 415 g/mol. The van der Waals surface area contributed by atoms with Crippen LogP contribution in [0.1, 0.15) is 15.9 Å². The minimum Gasteiger partial charge on any atom is -0.493 e. The smallest absolute Gasteiger partial charge is 0.260 e. The second-order valence-corrected chi connectivity index (χ2v) is 6.84. The second-order valence-electron chi connectivity index (χ2n) is 6.40. The van der Waals surface area contributed by atoms with Crippen molar-refractivity contribution in [2.24, 2.45) is 0 Å². The number of nitrogens with zero attached hydrogens (tertiary/aromatic N) is 1. The molecule has 1 aliphatic rings. The van der Waals surface area contributed by atoms with E-state index in [0.717, 1.165) is 5.56 Å². The molecule has 1 amide bonds. The molecule has 0 atom stereocenters. The standard InChI is InChI=1S/C22H22ClNO5/c1-27-21-13-16(5-7-19(25)17-3-2-4-18(23)14-17)6-8-20(21)29-15-22(26)24-9-11-28-12-10-24/h2-8,13-14H,9-12,15H2,1H3/b7-5+. The van der Waals surface area contributed by atoms with E-state index in [1.54, 1.807) is 53.4 Å². The van der Waals surface area contributed by atoms with Gasteiger partial charge < -0.3 is 19.1 Å². The number of ether oxygens (including phenoxy) is 3. The lowest BCUT2D eigenvalue weighted by Crippen LogP contribution is -2.43. The zero-order valence-electron chi connectivity index (χ0n) is 16.1. The summed E-state index contributed by atoms with van der Waals surface area (Å²) in [6.07, 6.45) is 3.16. The summed E-state index contributed by atoms with van der Waals surface area (Å²) in [5.74, 6) is 0.707. The van der Waals surface area contributed by atoms with Crippen LogP contribution in [0.5, 0.6) is 11.5 Å². The van der Waals surface area contributed by atoms with Gasteiger partial charge in [0, 0.05) is 23.7 Å². The molecular weight excluding hydrogens is 394 g/mol. The maximum atomic E-state index is 12.3. The normalized spacial score (nSPS) is 14.1. The fraction of sp³-hybridized carbons (Fsp3) is 0.273. The predicted molar refractivity (Wildman–Crippen MR) is 111 cm³/mol. The van der Waals surface area contributed by atoms with E-state index in [1.165, 1.54) is 13.2 Å². The first kappa shape index (κ1) is 20.9. The molecule has 0 unspecified atom stereocenters. The van der Waals surface area contributed by atoms with E-state index in [9.17, 15) is 9.59 Å². The van der Waals surface area contributed by atoms with Gasteiger partial charge >= 0.3 is 0 Å². The number of methoxy groups -OCH3 is 1. The number of morpholine rings is 1. The molecule has 152 valence electrons. The molecule has 1 heterocycles. The van der Waals surface area contributed by atoms with Gasteiger partial charge in [-0.2, -0.15) is 0 Å². The summed E-state index contributed by atoms with van der Waals surface area (Å²) in [4.78, 5) is 26.2. The van der Waals surface area contributed by atoms with Crippen molar-refractivity contribution in [3.63, 3.8) is 0 Å². The summed E-state index contributed by atoms with van der Waals surface area (Å²) in [5, 5.41) is 0.513. The number of amides is 1. The quantitative estimate of drug-likeness (QED) is 0.511. The number of hydrogen-bond donors (Lipinski definition) is 0. The minimum atomic E-state index is -0.150. The van der Waals surface area contributed by atoms with Gasteiger partial charge in [-0.3, -0.25) is 9.59 Å². The molecule has 0 bridgehead atoms. The van der Waals surface area contributed by atoms with E-state index in [0.29, 0.717) is 48.4 Å². The molecule has 1 aliphatic heterocycles. The van der Waals surface area contributed by atoms with Crippen LogP contribution in [0.2, 0.25) is 5.02 Å². The highest BCUT2D eigenvalue weighted by molar-refractivity contribution is 6.31. The topological polar surface area (TPSA) is 65.1 Å². The van der Waals surface area contributed by atoms with Crippen molar-refractivity contribution < 1.29 is 23.8 Å². The van der Waals surface area contributed by atoms with Crippen molar-refractivity contribution in [3.05, 3.63) is 64.7 Å². The molecule has 2 aromatic rings. The van der Waals surface area contributed by atoms with Crippen LogP contribution in [-0.4, -0.2) is 56.6 Å². The van der Waals surface area contributed by atoms with E-state index in [-0.39, 0.29) is 18.3 Å². The Kier molecular flexibility index (Phi) is 7.27. The van der Waals surface area contributed by atoms with Crippen molar-refractivity contribution in [2.75, 3.05) is 40.0 Å². The van der Waals surface area contributed by atoms with Gasteiger partial charge in [0.15, 0.2) is 23.9 Å². The van der Waals surface area contributed by atoms with Crippen molar-refractivity contribution in [1.82, 2.24) is 4.90 Å². The van der Waals surface area contributed by atoms with Crippen LogP contribution in [-0.2, 0) is 9.53 Å². The maximum absolute atomic E-state index is 12.3. The van der Waals surface area contributed by atoms with E-state index < -0.39 is 0 Å². The first-order chi connectivity index (χ1) is 14.1. The Morgan fingerprint density at radius 3 is 2.66 bits per heavy atom. The lowest BCUT2D eigenvalue weighted by molar-refractivity contribution is -0.137. The van der Waals surface area contributed by atoms with Crippen LogP contribution in [0.15, 0.2) is 48.5 Å². The van der Waals surface area contributed by atoms with E-state index in [1.807, 2.05) is 0 Å². The fourth-order valence-electron chi connectivity index (χ4n) is 2.86. The van der Waals surface area contributed by atoms with Crippen molar-refractivity contribution in [1.29, 1.82) is 0 Å². The molecule has 6 nitrogen and oxygen atoms in total. The summed E-state index contributed by atoms with van der Waals surface area (Å²) < 4.78 is 16.3. The van der Waals surface area contributed by atoms with Gasteiger partial charge in [0.05, 0.1) is 20.3 Å². The summed E-state index contributed by atoms with van der Waals surface area (Å²) in [6.45, 7) is 2.17. The number of allylic oxidation sites excluding steroid dienone is 1. The highest BCUT2D eigenvalue weighted by Crippen LogP contribution is 2.28. The molecule has 0 aliphatic carbocycles. The Hall–Kier alpha value is -2.83. The Labute approximate surface area is 174 Å². The van der Waals surface area contributed by atoms with Crippen molar-refractivity contribution >= 4 is 29.4 Å². The molecular formula is C22H22ClNO5. The number of carbonyl (C=O) groups is 2. The van der Waals surface area contributed by atoms with Crippen LogP contribution < -0.4 is 9.47 Å².